The summed E-state index contributed by atoms with van der Waals surface area (Å²) in [7, 11) is 3.28. The fourth-order valence-electron chi connectivity index (χ4n) is 1.45. The van der Waals surface area contributed by atoms with Gasteiger partial charge in [0.2, 0.25) is 0 Å². The van der Waals surface area contributed by atoms with Gasteiger partial charge in [-0.3, -0.25) is 0 Å². The number of carbonyl (C=O) groups excluding carboxylic acids is 1. The number of esters is 1. The van der Waals surface area contributed by atoms with Crippen molar-refractivity contribution in [3.8, 4) is 0 Å². The highest BCUT2D eigenvalue weighted by atomic mass is 16.5. The van der Waals surface area contributed by atoms with Gasteiger partial charge in [-0.15, -0.1) is 0 Å². The summed E-state index contributed by atoms with van der Waals surface area (Å²) in [6.45, 7) is 2.80. The molecule has 4 nitrogen and oxygen atoms in total. The predicted molar refractivity (Wildman–Crippen MR) is 67.9 cm³/mol. The van der Waals surface area contributed by atoms with Crippen LogP contribution >= 0.6 is 0 Å². The molecule has 0 fully saturated rings. The Morgan fingerprint density at radius 3 is 2.94 bits per heavy atom. The van der Waals surface area contributed by atoms with Crippen LogP contribution in [0.5, 0.6) is 0 Å². The van der Waals surface area contributed by atoms with Crippen molar-refractivity contribution in [3.63, 3.8) is 0 Å². The monoisotopic (exact) mass is 234 g/mol. The molecule has 4 heteroatoms. The van der Waals surface area contributed by atoms with Crippen LogP contribution in [-0.2, 0) is 4.74 Å². The molecular formula is C13H18N2O2. The lowest BCUT2D eigenvalue weighted by molar-refractivity contribution is 0.0593. The van der Waals surface area contributed by atoms with E-state index in [0.29, 0.717) is 5.69 Å². The Balaban J connectivity index is 2.75. The minimum absolute atomic E-state index is 0.375. The lowest BCUT2D eigenvalue weighted by Crippen LogP contribution is -2.07. The van der Waals surface area contributed by atoms with Crippen LogP contribution < -0.4 is 5.32 Å². The van der Waals surface area contributed by atoms with Gasteiger partial charge in [-0.05, 0) is 44.1 Å². The first kappa shape index (κ1) is 13.4. The molecule has 1 rings (SSSR count). The highest BCUT2D eigenvalue weighted by Gasteiger charge is 2.10. The molecular weight excluding hydrogens is 216 g/mol. The largest absolute Gasteiger partial charge is 0.464 e. The number of pyridine rings is 1. The number of methoxy groups -OCH3 is 1. The zero-order valence-electron chi connectivity index (χ0n) is 10.5. The maximum atomic E-state index is 11.3. The number of carbonyl (C=O) groups is 1. The summed E-state index contributed by atoms with van der Waals surface area (Å²) in [6, 6.07) is 1.93. The molecule has 1 N–H and O–H groups in total. The number of hydrogen-bond donors (Lipinski definition) is 1. The molecule has 0 atom stereocenters. The molecule has 1 aromatic heterocycles. The van der Waals surface area contributed by atoms with Gasteiger partial charge in [-0.1, -0.05) is 12.2 Å². The molecule has 0 spiro atoms. The second-order valence-electron chi connectivity index (χ2n) is 3.72. The summed E-state index contributed by atoms with van der Waals surface area (Å²) in [5.41, 5.74) is 2.19. The number of nitrogens with one attached hydrogen (secondary N) is 1. The second-order valence-corrected chi connectivity index (χ2v) is 3.72. The standard InChI is InChI=1S/C13H18N2O2/c1-10-8-11(6-4-5-7-14-2)9-15-12(10)13(16)17-3/h4,6,8-9,14H,5,7H2,1-3H3. The van der Waals surface area contributed by atoms with E-state index in [1.54, 1.807) is 6.20 Å². The highest BCUT2D eigenvalue weighted by Crippen LogP contribution is 2.10. The van der Waals surface area contributed by atoms with Crippen LogP contribution in [0.25, 0.3) is 6.08 Å². The molecule has 0 aliphatic rings. The van der Waals surface area contributed by atoms with E-state index in [2.05, 4.69) is 21.1 Å². The molecule has 0 bridgehead atoms. The van der Waals surface area contributed by atoms with E-state index in [9.17, 15) is 4.79 Å². The first-order chi connectivity index (χ1) is 8.19. The topological polar surface area (TPSA) is 51.2 Å². The van der Waals surface area contributed by atoms with E-state index < -0.39 is 5.97 Å². The van der Waals surface area contributed by atoms with Gasteiger partial charge < -0.3 is 10.1 Å². The van der Waals surface area contributed by atoms with Crippen LogP contribution in [0.1, 0.15) is 28.0 Å². The molecule has 0 aliphatic carbocycles. The average molecular weight is 234 g/mol. The lowest BCUT2D eigenvalue weighted by atomic mass is 10.1. The number of aromatic nitrogens is 1. The molecule has 0 aromatic carbocycles. The molecule has 0 aliphatic heterocycles. The Bertz CT molecular complexity index is 414. The van der Waals surface area contributed by atoms with Gasteiger partial charge in [0.05, 0.1) is 7.11 Å². The Labute approximate surface area is 102 Å². The zero-order chi connectivity index (χ0) is 12.7. The zero-order valence-corrected chi connectivity index (χ0v) is 10.5. The van der Waals surface area contributed by atoms with Crippen LogP contribution in [0.15, 0.2) is 18.3 Å². The Morgan fingerprint density at radius 1 is 1.59 bits per heavy atom. The molecule has 0 saturated carbocycles. The number of rotatable bonds is 5. The molecule has 17 heavy (non-hydrogen) atoms. The summed E-state index contributed by atoms with van der Waals surface area (Å²) in [4.78, 5) is 15.4. The average Bonchev–Trinajstić information content (AvgIpc) is 2.34. The van der Waals surface area contributed by atoms with E-state index in [1.165, 1.54) is 7.11 Å². The quantitative estimate of drug-likeness (QED) is 0.623. The third-order valence-corrected chi connectivity index (χ3v) is 2.35. The van der Waals surface area contributed by atoms with Gasteiger partial charge in [-0.2, -0.15) is 0 Å². The molecule has 0 radical (unpaired) electrons. The van der Waals surface area contributed by atoms with E-state index >= 15 is 0 Å². The molecule has 0 amide bonds. The van der Waals surface area contributed by atoms with Gasteiger partial charge in [-0.25, -0.2) is 9.78 Å². The molecule has 1 heterocycles. The first-order valence-corrected chi connectivity index (χ1v) is 5.55. The number of hydrogen-bond acceptors (Lipinski definition) is 4. The maximum Gasteiger partial charge on any atom is 0.356 e. The van der Waals surface area contributed by atoms with Crippen LogP contribution in [0.2, 0.25) is 0 Å². The molecule has 92 valence electrons. The summed E-state index contributed by atoms with van der Waals surface area (Å²) >= 11 is 0. The van der Waals surface area contributed by atoms with Crippen molar-refractivity contribution in [1.29, 1.82) is 0 Å². The van der Waals surface area contributed by atoms with Crippen molar-refractivity contribution >= 4 is 12.0 Å². The van der Waals surface area contributed by atoms with Crippen LogP contribution in [-0.4, -0.2) is 31.7 Å². The smallest absolute Gasteiger partial charge is 0.356 e. The van der Waals surface area contributed by atoms with Gasteiger partial charge in [0.15, 0.2) is 5.69 Å². The maximum absolute atomic E-state index is 11.3. The first-order valence-electron chi connectivity index (χ1n) is 5.55. The second kappa shape index (κ2) is 6.81. The minimum atomic E-state index is -0.395. The van der Waals surface area contributed by atoms with Gasteiger partial charge >= 0.3 is 5.97 Å². The van der Waals surface area contributed by atoms with Crippen molar-refractivity contribution in [2.45, 2.75) is 13.3 Å². The number of aryl methyl sites for hydroxylation is 1. The number of ether oxygens (including phenoxy) is 1. The Hall–Kier alpha value is -1.68. The Morgan fingerprint density at radius 2 is 2.35 bits per heavy atom. The molecule has 1 aromatic rings. The van der Waals surface area contributed by atoms with Crippen LogP contribution in [0, 0.1) is 6.92 Å². The van der Waals surface area contributed by atoms with Gasteiger partial charge in [0.1, 0.15) is 0 Å². The fraction of sp³-hybridized carbons (Fsp3) is 0.385. The third kappa shape index (κ3) is 4.00. The van der Waals surface area contributed by atoms with Crippen molar-refractivity contribution in [2.24, 2.45) is 0 Å². The summed E-state index contributed by atoms with van der Waals surface area (Å²) in [6.07, 6.45) is 6.71. The predicted octanol–water partition coefficient (Wildman–Crippen LogP) is 1.80. The van der Waals surface area contributed by atoms with E-state index in [0.717, 1.165) is 24.1 Å². The van der Waals surface area contributed by atoms with Gasteiger partial charge in [0.25, 0.3) is 0 Å². The SMILES string of the molecule is CNCCC=Cc1cnc(C(=O)OC)c(C)c1. The van der Waals surface area contributed by atoms with Crippen molar-refractivity contribution in [3.05, 3.63) is 35.2 Å². The van der Waals surface area contributed by atoms with Crippen molar-refractivity contribution in [2.75, 3.05) is 20.7 Å². The number of nitrogens with zero attached hydrogens (tertiary/aromatic N) is 1. The van der Waals surface area contributed by atoms with Crippen molar-refractivity contribution < 1.29 is 9.53 Å². The summed E-state index contributed by atoms with van der Waals surface area (Å²) in [5.74, 6) is -0.395. The Kier molecular flexibility index (Phi) is 5.36. The van der Waals surface area contributed by atoms with E-state index in [4.69, 9.17) is 0 Å². The minimum Gasteiger partial charge on any atom is -0.464 e. The molecule has 0 unspecified atom stereocenters. The fourth-order valence-corrected chi connectivity index (χ4v) is 1.45. The van der Waals surface area contributed by atoms with E-state index in [-0.39, 0.29) is 0 Å². The van der Waals surface area contributed by atoms with Crippen LogP contribution in [0.3, 0.4) is 0 Å². The third-order valence-electron chi connectivity index (χ3n) is 2.35. The lowest BCUT2D eigenvalue weighted by Gasteiger charge is -2.03. The van der Waals surface area contributed by atoms with E-state index in [1.807, 2.05) is 26.1 Å². The van der Waals surface area contributed by atoms with Gasteiger partial charge in [0, 0.05) is 6.20 Å². The van der Waals surface area contributed by atoms with Crippen molar-refractivity contribution in [1.82, 2.24) is 10.3 Å². The normalized spacial score (nSPS) is 10.8. The molecule has 0 saturated heterocycles. The van der Waals surface area contributed by atoms with Crippen LogP contribution in [0.4, 0.5) is 0 Å². The summed E-state index contributed by atoms with van der Waals surface area (Å²) in [5, 5.41) is 3.07. The summed E-state index contributed by atoms with van der Waals surface area (Å²) < 4.78 is 4.64. The highest BCUT2D eigenvalue weighted by molar-refractivity contribution is 5.88.